The van der Waals surface area contributed by atoms with Crippen molar-refractivity contribution < 1.29 is 0 Å². The van der Waals surface area contributed by atoms with Gasteiger partial charge in [0.05, 0.1) is 44.5 Å². The number of hydrogen-bond acceptors (Lipinski definition) is 2. The molecule has 0 aliphatic heterocycles. The molecule has 0 bridgehead atoms. The second kappa shape index (κ2) is 15.3. The minimum atomic E-state index is -0.102. The fraction of sp³-hybridized carbons (Fsp3) is 0.114. The summed E-state index contributed by atoms with van der Waals surface area (Å²) in [5.41, 5.74) is 16.7. The van der Waals surface area contributed by atoms with Crippen molar-refractivity contribution in [2.45, 2.75) is 52.4 Å². The molecule has 354 valence electrons. The van der Waals surface area contributed by atoms with E-state index in [-0.39, 0.29) is 10.8 Å². The predicted molar refractivity (Wildman–Crippen MR) is 318 cm³/mol. The van der Waals surface area contributed by atoms with E-state index in [2.05, 4.69) is 279 Å². The lowest BCUT2D eigenvalue weighted by molar-refractivity contribution is 0.591. The van der Waals surface area contributed by atoms with Crippen molar-refractivity contribution in [1.82, 2.24) is 8.80 Å². The molecule has 0 atom stereocenters. The topological polar surface area (TPSA) is 15.3 Å². The van der Waals surface area contributed by atoms with Gasteiger partial charge in [0.1, 0.15) is 0 Å². The normalized spacial score (nSPS) is 12.7. The fourth-order valence-electron chi connectivity index (χ4n) is 12.6. The number of anilines is 6. The van der Waals surface area contributed by atoms with Crippen LogP contribution in [-0.4, -0.2) is 8.80 Å². The Kier molecular flexibility index (Phi) is 8.87. The zero-order valence-electron chi connectivity index (χ0n) is 42.6. The highest BCUT2D eigenvalue weighted by atomic mass is 15.2. The first-order chi connectivity index (χ1) is 36.0. The van der Waals surface area contributed by atoms with Crippen molar-refractivity contribution in [3.63, 3.8) is 0 Å². The third-order valence-corrected chi connectivity index (χ3v) is 16.1. The maximum Gasteiger partial charge on any atom is 0.0789 e. The SMILES string of the molecule is CC(C)(C)c1cc2c3cc4c(cc3n3c5c(N(c6ccccc6)c6ccccc6)c6ccccc6cc5c(c1)c23)c1cc(C(C)(C)C)cc2c3cc5ccccc5c(N(c5ccccc5)c5ccccc5)c3n4c12. The van der Waals surface area contributed by atoms with Gasteiger partial charge in [-0.2, -0.15) is 0 Å². The Balaban J connectivity index is 1.18. The van der Waals surface area contributed by atoms with Gasteiger partial charge in [-0.05, 0) is 130 Å². The van der Waals surface area contributed by atoms with Crippen molar-refractivity contribution in [1.29, 1.82) is 0 Å². The summed E-state index contributed by atoms with van der Waals surface area (Å²) >= 11 is 0. The molecular weight excluding hydrogens is 897 g/mol. The van der Waals surface area contributed by atoms with Crippen molar-refractivity contribution >= 4 is 132 Å². The lowest BCUT2D eigenvalue weighted by Crippen LogP contribution is -2.11. The maximum absolute atomic E-state index is 2.64. The van der Waals surface area contributed by atoms with Crippen molar-refractivity contribution in [2.24, 2.45) is 0 Å². The molecule has 0 aliphatic carbocycles. The summed E-state index contributed by atoms with van der Waals surface area (Å²) in [6.07, 6.45) is 0. The van der Waals surface area contributed by atoms with Crippen LogP contribution in [-0.2, 0) is 10.8 Å². The van der Waals surface area contributed by atoms with Gasteiger partial charge in [-0.25, -0.2) is 0 Å². The smallest absolute Gasteiger partial charge is 0.0789 e. The summed E-state index contributed by atoms with van der Waals surface area (Å²) in [5.74, 6) is 0. The van der Waals surface area contributed by atoms with Crippen molar-refractivity contribution in [2.75, 3.05) is 9.80 Å². The summed E-state index contributed by atoms with van der Waals surface area (Å²) in [7, 11) is 0. The van der Waals surface area contributed by atoms with E-state index >= 15 is 0 Å². The molecule has 0 amide bonds. The molecule has 0 saturated carbocycles. The molecule has 0 unspecified atom stereocenters. The van der Waals surface area contributed by atoms with Crippen LogP contribution < -0.4 is 9.80 Å². The Hall–Kier alpha value is -8.86. The molecule has 4 nitrogen and oxygen atoms in total. The summed E-state index contributed by atoms with van der Waals surface area (Å²) in [6, 6.07) is 81.7. The van der Waals surface area contributed by atoms with Gasteiger partial charge in [0.15, 0.2) is 0 Å². The van der Waals surface area contributed by atoms with Crippen molar-refractivity contribution in [3.8, 4) is 0 Å². The Morgan fingerprint density at radius 2 is 0.554 bits per heavy atom. The first-order valence-corrected chi connectivity index (χ1v) is 26.1. The average Bonchev–Trinajstić information content (AvgIpc) is 4.17. The number of para-hydroxylation sites is 4. The van der Waals surface area contributed by atoms with E-state index in [9.17, 15) is 0 Å². The molecule has 74 heavy (non-hydrogen) atoms. The highest BCUT2D eigenvalue weighted by Crippen LogP contribution is 2.54. The summed E-state index contributed by atoms with van der Waals surface area (Å²) in [6.45, 7) is 14.1. The third kappa shape index (κ3) is 6.03. The van der Waals surface area contributed by atoms with E-state index in [1.807, 2.05) is 0 Å². The second-order valence-corrected chi connectivity index (χ2v) is 22.6. The number of rotatable bonds is 6. The molecule has 4 heterocycles. The largest absolute Gasteiger partial charge is 0.308 e. The van der Waals surface area contributed by atoms with E-state index in [4.69, 9.17) is 0 Å². The highest BCUT2D eigenvalue weighted by molar-refractivity contribution is 6.33. The molecule has 15 aromatic rings. The van der Waals surface area contributed by atoms with Gasteiger partial charge in [0, 0.05) is 76.6 Å². The van der Waals surface area contributed by atoms with E-state index in [1.54, 1.807) is 0 Å². The molecule has 0 aliphatic rings. The van der Waals surface area contributed by atoms with Gasteiger partial charge in [-0.1, -0.05) is 163 Å². The van der Waals surface area contributed by atoms with Crippen LogP contribution in [0.1, 0.15) is 52.7 Å². The molecule has 0 fully saturated rings. The molecule has 0 saturated heterocycles. The zero-order valence-corrected chi connectivity index (χ0v) is 42.6. The van der Waals surface area contributed by atoms with Crippen LogP contribution in [0.15, 0.2) is 218 Å². The molecular formula is C70H54N4. The Morgan fingerprint density at radius 3 is 0.878 bits per heavy atom. The molecule has 15 rings (SSSR count). The quantitative estimate of drug-likeness (QED) is 0.165. The second-order valence-electron chi connectivity index (χ2n) is 22.6. The van der Waals surface area contributed by atoms with E-state index in [0.29, 0.717) is 0 Å². The minimum absolute atomic E-state index is 0.102. The van der Waals surface area contributed by atoms with E-state index in [1.165, 1.54) is 120 Å². The zero-order chi connectivity index (χ0) is 49.8. The number of benzene rings is 11. The Labute approximate surface area is 430 Å². The molecule has 0 N–H and O–H groups in total. The standard InChI is InChI=1S/C70H54N4/c1-69(2,3)45-37-57-53-41-62-54(42-61(53)73-63(57)59(39-45)55-35-43-23-19-21-33-51(43)65(67(55)73)71(47-25-11-7-12-26-47)48-27-13-8-14-28-48)58-38-46(70(4,5)6)40-60-56-36-44-24-20-22-34-52(44)66(68(56)74(62)64(58)60)72(49-29-15-9-16-30-49)50-31-17-10-18-32-50/h7-42H,1-6H3. The minimum Gasteiger partial charge on any atom is -0.308 e. The molecule has 11 aromatic carbocycles. The molecule has 4 aromatic heterocycles. The van der Waals surface area contributed by atoms with Gasteiger partial charge in [0.25, 0.3) is 0 Å². The highest BCUT2D eigenvalue weighted by Gasteiger charge is 2.31. The van der Waals surface area contributed by atoms with Crippen LogP contribution in [0.5, 0.6) is 0 Å². The van der Waals surface area contributed by atoms with Gasteiger partial charge in [0.2, 0.25) is 0 Å². The Morgan fingerprint density at radius 1 is 0.270 bits per heavy atom. The third-order valence-electron chi connectivity index (χ3n) is 16.1. The predicted octanol–water partition coefficient (Wildman–Crippen LogP) is 19.8. The average molecular weight is 951 g/mol. The number of nitrogens with zero attached hydrogens (tertiary/aromatic N) is 4. The van der Waals surface area contributed by atoms with Gasteiger partial charge < -0.3 is 18.6 Å². The summed E-state index contributed by atoms with van der Waals surface area (Å²) in [5, 5.41) is 15.0. The number of hydrogen-bond donors (Lipinski definition) is 0. The van der Waals surface area contributed by atoms with Crippen LogP contribution in [0.2, 0.25) is 0 Å². The Bertz CT molecular complexity index is 4330. The maximum atomic E-state index is 2.64. The van der Waals surface area contributed by atoms with Crippen LogP contribution in [0.4, 0.5) is 34.1 Å². The lowest BCUT2D eigenvalue weighted by atomic mass is 9.85. The summed E-state index contributed by atoms with van der Waals surface area (Å²) in [4.78, 5) is 4.99. The lowest BCUT2D eigenvalue weighted by Gasteiger charge is -2.28. The number of fused-ring (bicyclic) bond motifs is 14. The van der Waals surface area contributed by atoms with Gasteiger partial charge in [-0.3, -0.25) is 0 Å². The molecule has 0 radical (unpaired) electrons. The molecule has 0 spiro atoms. The monoisotopic (exact) mass is 950 g/mol. The first kappa shape index (κ1) is 42.8. The fourth-order valence-corrected chi connectivity index (χ4v) is 12.6. The van der Waals surface area contributed by atoms with E-state index in [0.717, 1.165) is 22.7 Å². The van der Waals surface area contributed by atoms with Gasteiger partial charge in [-0.15, -0.1) is 0 Å². The number of aromatic nitrogens is 2. The van der Waals surface area contributed by atoms with Gasteiger partial charge >= 0.3 is 0 Å². The summed E-state index contributed by atoms with van der Waals surface area (Å²) < 4.78 is 5.29. The van der Waals surface area contributed by atoms with Crippen molar-refractivity contribution in [3.05, 3.63) is 230 Å². The van der Waals surface area contributed by atoms with Crippen LogP contribution in [0.3, 0.4) is 0 Å². The molecule has 4 heteroatoms. The van der Waals surface area contributed by atoms with Crippen LogP contribution in [0, 0.1) is 0 Å². The van der Waals surface area contributed by atoms with Crippen LogP contribution in [0.25, 0.3) is 97.7 Å². The van der Waals surface area contributed by atoms with Crippen LogP contribution >= 0.6 is 0 Å². The first-order valence-electron chi connectivity index (χ1n) is 26.1. The van der Waals surface area contributed by atoms with E-state index < -0.39 is 0 Å².